The van der Waals surface area contributed by atoms with Crippen LogP contribution < -0.4 is 4.90 Å². The van der Waals surface area contributed by atoms with Gasteiger partial charge in [-0.15, -0.1) is 0 Å². The van der Waals surface area contributed by atoms with Crippen molar-refractivity contribution >= 4 is 39.0 Å². The number of aromatic nitrogens is 3. The quantitative estimate of drug-likeness (QED) is 0.215. The first-order valence-corrected chi connectivity index (χ1v) is 14.9. The van der Waals surface area contributed by atoms with Gasteiger partial charge < -0.3 is 0 Å². The predicted molar refractivity (Wildman–Crippen MR) is 181 cm³/mol. The van der Waals surface area contributed by atoms with Crippen molar-refractivity contribution in [3.05, 3.63) is 158 Å². The first-order valence-electron chi connectivity index (χ1n) is 14.9. The van der Waals surface area contributed by atoms with E-state index in [1.54, 1.807) is 0 Å². The van der Waals surface area contributed by atoms with Crippen LogP contribution in [-0.4, -0.2) is 14.5 Å². The number of para-hydroxylation sites is 4. The summed E-state index contributed by atoms with van der Waals surface area (Å²) in [6, 6.07) is 55.4. The fraction of sp³-hybridized carbons (Fsp3) is 0. The number of rotatable bonds is 3. The second-order valence-electron chi connectivity index (χ2n) is 11.1. The molecule has 9 rings (SSSR count). The number of fused-ring (bicyclic) bond motifs is 8. The highest BCUT2D eigenvalue weighted by Gasteiger charge is 2.27. The molecule has 1 aliphatic rings. The largest absolute Gasteiger partial charge is 0.294 e. The molecule has 0 saturated carbocycles. The van der Waals surface area contributed by atoms with Crippen LogP contribution in [0.25, 0.3) is 61.3 Å². The van der Waals surface area contributed by atoms with Crippen LogP contribution in [-0.2, 0) is 0 Å². The van der Waals surface area contributed by atoms with Crippen molar-refractivity contribution in [3.8, 4) is 39.5 Å². The molecule has 0 spiro atoms. The van der Waals surface area contributed by atoms with E-state index in [-0.39, 0.29) is 0 Å². The zero-order valence-corrected chi connectivity index (χ0v) is 23.8. The Morgan fingerprint density at radius 2 is 0.841 bits per heavy atom. The normalized spacial score (nSPS) is 12.0. The number of nitrogens with zero attached hydrogens (tertiary/aromatic N) is 4. The van der Waals surface area contributed by atoms with Crippen molar-refractivity contribution in [1.82, 2.24) is 14.5 Å². The molecule has 0 bridgehead atoms. The molecule has 0 unspecified atom stereocenters. The van der Waals surface area contributed by atoms with Crippen LogP contribution in [0.2, 0.25) is 0 Å². The zero-order chi connectivity index (χ0) is 29.0. The molecular formula is C40H26N4. The fourth-order valence-corrected chi connectivity index (χ4v) is 6.66. The molecule has 1 aliphatic heterocycles. The molecule has 206 valence electrons. The van der Waals surface area contributed by atoms with Gasteiger partial charge in [-0.3, -0.25) is 9.47 Å². The highest BCUT2D eigenvalue weighted by atomic mass is 15.2. The van der Waals surface area contributed by atoms with Crippen molar-refractivity contribution in [2.45, 2.75) is 0 Å². The smallest absolute Gasteiger partial charge is 0.163 e. The van der Waals surface area contributed by atoms with Crippen molar-refractivity contribution in [3.63, 3.8) is 0 Å². The van der Waals surface area contributed by atoms with Crippen LogP contribution in [0, 0.1) is 0 Å². The van der Waals surface area contributed by atoms with Gasteiger partial charge in [0.15, 0.2) is 5.82 Å². The highest BCUT2D eigenvalue weighted by molar-refractivity contribution is 6.09. The molecule has 0 atom stereocenters. The van der Waals surface area contributed by atoms with Gasteiger partial charge in [-0.1, -0.05) is 127 Å². The lowest BCUT2D eigenvalue weighted by atomic mass is 9.95. The van der Waals surface area contributed by atoms with Crippen LogP contribution in [0.3, 0.4) is 0 Å². The average molecular weight is 563 g/mol. The lowest BCUT2D eigenvalue weighted by molar-refractivity contribution is 1.03. The Kier molecular flexibility index (Phi) is 5.47. The second kappa shape index (κ2) is 9.79. The van der Waals surface area contributed by atoms with Crippen LogP contribution in [0.5, 0.6) is 0 Å². The lowest BCUT2D eigenvalue weighted by Crippen LogP contribution is -2.14. The van der Waals surface area contributed by atoms with E-state index in [9.17, 15) is 0 Å². The van der Waals surface area contributed by atoms with Crippen LogP contribution >= 0.6 is 0 Å². The Morgan fingerprint density at radius 1 is 0.386 bits per heavy atom. The topological polar surface area (TPSA) is 34.0 Å². The van der Waals surface area contributed by atoms with E-state index < -0.39 is 0 Å². The van der Waals surface area contributed by atoms with Crippen molar-refractivity contribution in [1.29, 1.82) is 0 Å². The van der Waals surface area contributed by atoms with Crippen LogP contribution in [0.4, 0.5) is 17.2 Å². The standard InChI is InChI=1S/C40H26N4/c1-2-14-27(15-3-1)40-41-38(26-39(42-40)44-36-24-12-8-20-32(36)33-21-9-13-25-37(33)44)43-34-22-10-6-18-30(34)28-16-4-5-17-29(28)31-19-7-11-23-35(31)43/h1-26H. The first kappa shape index (κ1) is 24.6. The summed E-state index contributed by atoms with van der Waals surface area (Å²) in [6.07, 6.45) is 0. The van der Waals surface area contributed by atoms with Crippen molar-refractivity contribution < 1.29 is 0 Å². The van der Waals surface area contributed by atoms with E-state index in [1.807, 2.05) is 18.2 Å². The second-order valence-corrected chi connectivity index (χ2v) is 11.1. The van der Waals surface area contributed by atoms with E-state index in [0.717, 1.165) is 50.7 Å². The van der Waals surface area contributed by atoms with Gasteiger partial charge in [-0.2, -0.15) is 0 Å². The maximum atomic E-state index is 5.30. The molecule has 0 radical (unpaired) electrons. The molecular weight excluding hydrogens is 536 g/mol. The molecule has 0 fully saturated rings. The molecule has 2 aromatic heterocycles. The lowest BCUT2D eigenvalue weighted by Gasteiger charge is -2.27. The number of hydrogen-bond acceptors (Lipinski definition) is 3. The average Bonchev–Trinajstić information content (AvgIpc) is 3.37. The van der Waals surface area contributed by atoms with Gasteiger partial charge in [-0.25, -0.2) is 9.97 Å². The predicted octanol–water partition coefficient (Wildman–Crippen LogP) is 10.4. The summed E-state index contributed by atoms with van der Waals surface area (Å²) in [4.78, 5) is 12.8. The SMILES string of the molecule is c1ccc(-c2nc(N3c4ccccc4-c4ccccc4-c4ccccc43)cc(-n3c4ccccc4c4ccccc43)n2)cc1. The molecule has 44 heavy (non-hydrogen) atoms. The summed E-state index contributed by atoms with van der Waals surface area (Å²) in [5.41, 5.74) is 10.1. The Hall–Kier alpha value is -6.00. The highest BCUT2D eigenvalue weighted by Crippen LogP contribution is 2.50. The minimum atomic E-state index is 0.677. The van der Waals surface area contributed by atoms with Gasteiger partial charge in [-0.05, 0) is 35.4 Å². The summed E-state index contributed by atoms with van der Waals surface area (Å²) < 4.78 is 2.27. The summed E-state index contributed by atoms with van der Waals surface area (Å²) in [7, 11) is 0. The molecule has 6 aromatic carbocycles. The van der Waals surface area contributed by atoms with Gasteiger partial charge in [0.25, 0.3) is 0 Å². The summed E-state index contributed by atoms with van der Waals surface area (Å²) in [6.45, 7) is 0. The van der Waals surface area contributed by atoms with E-state index in [2.05, 4.69) is 149 Å². The van der Waals surface area contributed by atoms with Crippen molar-refractivity contribution in [2.75, 3.05) is 4.90 Å². The minimum absolute atomic E-state index is 0.677. The van der Waals surface area contributed by atoms with E-state index in [0.29, 0.717) is 5.82 Å². The minimum Gasteiger partial charge on any atom is -0.294 e. The first-order chi connectivity index (χ1) is 21.8. The molecule has 4 heteroatoms. The Labute approximate surface area is 255 Å². The number of benzene rings is 6. The molecule has 3 heterocycles. The third kappa shape index (κ3) is 3.71. The van der Waals surface area contributed by atoms with Crippen LogP contribution in [0.1, 0.15) is 0 Å². The third-order valence-corrected chi connectivity index (χ3v) is 8.57. The maximum absolute atomic E-state index is 5.30. The monoisotopic (exact) mass is 562 g/mol. The molecule has 0 amide bonds. The fourth-order valence-electron chi connectivity index (χ4n) is 6.66. The Balaban J connectivity index is 1.39. The summed E-state index contributed by atoms with van der Waals surface area (Å²) in [5, 5.41) is 2.40. The van der Waals surface area contributed by atoms with E-state index in [4.69, 9.17) is 9.97 Å². The van der Waals surface area contributed by atoms with E-state index in [1.165, 1.54) is 21.9 Å². The van der Waals surface area contributed by atoms with Gasteiger partial charge in [0, 0.05) is 33.5 Å². The van der Waals surface area contributed by atoms with Gasteiger partial charge >= 0.3 is 0 Å². The summed E-state index contributed by atoms with van der Waals surface area (Å²) >= 11 is 0. The molecule has 8 aromatic rings. The summed E-state index contributed by atoms with van der Waals surface area (Å²) in [5.74, 6) is 2.31. The zero-order valence-electron chi connectivity index (χ0n) is 23.8. The Bertz CT molecular complexity index is 2230. The van der Waals surface area contributed by atoms with Crippen molar-refractivity contribution in [2.24, 2.45) is 0 Å². The maximum Gasteiger partial charge on any atom is 0.163 e. The number of anilines is 3. The van der Waals surface area contributed by atoms with E-state index >= 15 is 0 Å². The van der Waals surface area contributed by atoms with Gasteiger partial charge in [0.1, 0.15) is 11.6 Å². The molecule has 0 aliphatic carbocycles. The Morgan fingerprint density at radius 3 is 1.43 bits per heavy atom. The third-order valence-electron chi connectivity index (χ3n) is 8.57. The van der Waals surface area contributed by atoms with Gasteiger partial charge in [0.05, 0.1) is 22.4 Å². The molecule has 0 N–H and O–H groups in total. The van der Waals surface area contributed by atoms with Gasteiger partial charge in [0.2, 0.25) is 0 Å². The molecule has 0 saturated heterocycles. The number of hydrogen-bond donors (Lipinski definition) is 0. The molecule has 4 nitrogen and oxygen atoms in total. The van der Waals surface area contributed by atoms with Crippen LogP contribution in [0.15, 0.2) is 158 Å².